The predicted octanol–water partition coefficient (Wildman–Crippen LogP) is 3.78. The van der Waals surface area contributed by atoms with E-state index in [2.05, 4.69) is 41.5 Å². The van der Waals surface area contributed by atoms with E-state index in [1.807, 2.05) is 0 Å². The highest BCUT2D eigenvalue weighted by molar-refractivity contribution is 5.80. The Balaban J connectivity index is 1.69. The summed E-state index contributed by atoms with van der Waals surface area (Å²) >= 11 is 0. The van der Waals surface area contributed by atoms with Gasteiger partial charge in [0, 0.05) is 6.04 Å². The first-order valence-corrected chi connectivity index (χ1v) is 8.43. The quantitative estimate of drug-likeness (QED) is 0.836. The third-order valence-electron chi connectivity index (χ3n) is 5.38. The highest BCUT2D eigenvalue weighted by atomic mass is 15.2. The first-order valence-electron chi connectivity index (χ1n) is 8.43. The van der Waals surface area contributed by atoms with Crippen LogP contribution in [0.3, 0.4) is 0 Å². The minimum absolute atomic E-state index is 0.587. The van der Waals surface area contributed by atoms with Gasteiger partial charge in [-0.15, -0.1) is 0 Å². The van der Waals surface area contributed by atoms with Crippen LogP contribution >= 0.6 is 0 Å². The van der Waals surface area contributed by atoms with Gasteiger partial charge in [0.25, 0.3) is 0 Å². The molecule has 3 heteroatoms. The van der Waals surface area contributed by atoms with Gasteiger partial charge in [0.15, 0.2) is 0 Å². The second-order valence-corrected chi connectivity index (χ2v) is 7.03. The molecular weight excluding hydrogens is 258 g/mol. The van der Waals surface area contributed by atoms with E-state index in [-0.39, 0.29) is 0 Å². The van der Waals surface area contributed by atoms with E-state index in [0.717, 1.165) is 12.5 Å². The molecular formula is C18H25N3. The lowest BCUT2D eigenvalue weighted by Crippen LogP contribution is -2.33. The Morgan fingerprint density at radius 3 is 2.76 bits per heavy atom. The van der Waals surface area contributed by atoms with Gasteiger partial charge in [-0.05, 0) is 63.2 Å². The minimum Gasteiger partial charge on any atom is -0.324 e. The van der Waals surface area contributed by atoms with Crippen molar-refractivity contribution in [3.8, 4) is 0 Å². The third kappa shape index (κ3) is 2.28. The van der Waals surface area contributed by atoms with Crippen LogP contribution in [-0.4, -0.2) is 27.5 Å². The second kappa shape index (κ2) is 5.13. The van der Waals surface area contributed by atoms with Crippen LogP contribution in [0.2, 0.25) is 0 Å². The molecule has 0 amide bonds. The van der Waals surface area contributed by atoms with E-state index in [4.69, 9.17) is 4.98 Å². The summed E-state index contributed by atoms with van der Waals surface area (Å²) in [5.41, 5.74) is 4.08. The van der Waals surface area contributed by atoms with E-state index in [0.29, 0.717) is 6.04 Å². The molecule has 0 spiro atoms. The predicted molar refractivity (Wildman–Crippen MR) is 86.4 cm³/mol. The monoisotopic (exact) mass is 283 g/mol. The van der Waals surface area contributed by atoms with Gasteiger partial charge in [-0.3, -0.25) is 4.90 Å². The number of hydrogen-bond donors (Lipinski definition) is 0. The van der Waals surface area contributed by atoms with Gasteiger partial charge in [-0.25, -0.2) is 4.98 Å². The number of aryl methyl sites for hydroxylation is 1. The van der Waals surface area contributed by atoms with Gasteiger partial charge in [0.2, 0.25) is 0 Å². The number of imidazole rings is 1. The Morgan fingerprint density at radius 2 is 1.95 bits per heavy atom. The summed E-state index contributed by atoms with van der Waals surface area (Å²) in [6, 6.07) is 7.20. The number of aromatic nitrogens is 2. The topological polar surface area (TPSA) is 21.1 Å². The van der Waals surface area contributed by atoms with Crippen molar-refractivity contribution in [2.24, 2.45) is 5.92 Å². The highest BCUT2D eigenvalue weighted by Crippen LogP contribution is 2.33. The number of para-hydroxylation sites is 1. The van der Waals surface area contributed by atoms with Crippen LogP contribution in [0.15, 0.2) is 18.2 Å². The molecule has 1 aromatic carbocycles. The van der Waals surface area contributed by atoms with Crippen LogP contribution in [0.25, 0.3) is 11.0 Å². The molecule has 1 atom stereocenters. The van der Waals surface area contributed by atoms with Crippen LogP contribution in [0.5, 0.6) is 0 Å². The fraction of sp³-hybridized carbons (Fsp3) is 0.611. The molecule has 1 saturated heterocycles. The van der Waals surface area contributed by atoms with Crippen LogP contribution in [0.4, 0.5) is 0 Å². The lowest BCUT2D eigenvalue weighted by Gasteiger charge is -2.31. The molecule has 112 valence electrons. The Kier molecular flexibility index (Phi) is 3.26. The number of rotatable bonds is 2. The van der Waals surface area contributed by atoms with Crippen molar-refractivity contribution in [2.45, 2.75) is 52.1 Å². The van der Waals surface area contributed by atoms with Crippen LogP contribution in [0, 0.1) is 5.92 Å². The molecule has 1 aromatic heterocycles. The minimum atomic E-state index is 0.587. The lowest BCUT2D eigenvalue weighted by molar-refractivity contribution is 0.178. The first kappa shape index (κ1) is 13.3. The average Bonchev–Trinajstić information content (AvgIpc) is 2.86. The zero-order valence-corrected chi connectivity index (χ0v) is 13.2. The Hall–Kier alpha value is -1.35. The first-order chi connectivity index (χ1) is 10.2. The highest BCUT2D eigenvalue weighted by Gasteiger charge is 2.24. The number of nitrogens with zero attached hydrogens (tertiary/aromatic N) is 3. The Morgan fingerprint density at radius 1 is 1.14 bits per heavy atom. The summed E-state index contributed by atoms with van der Waals surface area (Å²) in [6.45, 7) is 8.19. The molecule has 1 unspecified atom stereocenters. The van der Waals surface area contributed by atoms with Gasteiger partial charge in [-0.2, -0.15) is 0 Å². The van der Waals surface area contributed by atoms with Crippen LogP contribution in [-0.2, 0) is 13.0 Å². The van der Waals surface area contributed by atoms with Gasteiger partial charge in [0.1, 0.15) is 5.82 Å². The molecule has 2 aliphatic heterocycles. The summed E-state index contributed by atoms with van der Waals surface area (Å²) in [4.78, 5) is 7.56. The molecule has 0 saturated carbocycles. The molecule has 3 nitrogen and oxygen atoms in total. The SMILES string of the molecule is CC1CCN(Cc2nc3cccc4c3n2C(C)CC4)CC1. The van der Waals surface area contributed by atoms with Gasteiger partial charge >= 0.3 is 0 Å². The summed E-state index contributed by atoms with van der Waals surface area (Å²) in [6.07, 6.45) is 5.11. The molecule has 0 radical (unpaired) electrons. The second-order valence-electron chi connectivity index (χ2n) is 7.03. The molecule has 0 aliphatic carbocycles. The van der Waals surface area contributed by atoms with Crippen molar-refractivity contribution in [1.82, 2.24) is 14.5 Å². The number of benzene rings is 1. The van der Waals surface area contributed by atoms with Crippen LogP contribution < -0.4 is 0 Å². The van der Waals surface area contributed by atoms with E-state index in [1.54, 1.807) is 0 Å². The fourth-order valence-electron chi connectivity index (χ4n) is 3.97. The zero-order chi connectivity index (χ0) is 14.4. The lowest BCUT2D eigenvalue weighted by atomic mass is 9.99. The van der Waals surface area contributed by atoms with Crippen molar-refractivity contribution in [3.05, 3.63) is 29.6 Å². The van der Waals surface area contributed by atoms with Gasteiger partial charge in [0.05, 0.1) is 17.6 Å². The Labute approximate surface area is 127 Å². The third-order valence-corrected chi connectivity index (χ3v) is 5.38. The molecule has 0 N–H and O–H groups in total. The van der Waals surface area contributed by atoms with E-state index in [1.165, 1.54) is 61.2 Å². The number of likely N-dealkylation sites (tertiary alicyclic amines) is 1. The number of hydrogen-bond acceptors (Lipinski definition) is 2. The molecule has 2 aliphatic rings. The standard InChI is InChI=1S/C18H25N3/c1-13-8-10-20(11-9-13)12-17-19-16-5-3-4-15-7-6-14(2)21(17)18(15)16/h3-5,13-14H,6-12H2,1-2H3. The largest absolute Gasteiger partial charge is 0.324 e. The van der Waals surface area contributed by atoms with Gasteiger partial charge < -0.3 is 4.57 Å². The maximum Gasteiger partial charge on any atom is 0.124 e. The molecule has 2 aromatic rings. The van der Waals surface area contributed by atoms with Crippen LogP contribution in [0.1, 0.15) is 50.5 Å². The molecule has 21 heavy (non-hydrogen) atoms. The van der Waals surface area contributed by atoms with Crippen molar-refractivity contribution in [2.75, 3.05) is 13.1 Å². The number of piperidine rings is 1. The van der Waals surface area contributed by atoms with E-state index in [9.17, 15) is 0 Å². The summed E-state index contributed by atoms with van der Waals surface area (Å²) in [5.74, 6) is 2.17. The Bertz CT molecular complexity index is 650. The molecule has 4 rings (SSSR count). The maximum absolute atomic E-state index is 4.97. The van der Waals surface area contributed by atoms with Crippen molar-refractivity contribution in [1.29, 1.82) is 0 Å². The average molecular weight is 283 g/mol. The summed E-state index contributed by atoms with van der Waals surface area (Å²) in [5, 5.41) is 0. The molecule has 3 heterocycles. The normalized spacial score (nSPS) is 23.8. The molecule has 0 bridgehead atoms. The zero-order valence-electron chi connectivity index (χ0n) is 13.2. The summed E-state index contributed by atoms with van der Waals surface area (Å²) in [7, 11) is 0. The van der Waals surface area contributed by atoms with Crippen molar-refractivity contribution in [3.63, 3.8) is 0 Å². The van der Waals surface area contributed by atoms with Gasteiger partial charge in [-0.1, -0.05) is 19.1 Å². The fourth-order valence-corrected chi connectivity index (χ4v) is 3.97. The van der Waals surface area contributed by atoms with E-state index >= 15 is 0 Å². The smallest absolute Gasteiger partial charge is 0.124 e. The van der Waals surface area contributed by atoms with Crippen molar-refractivity contribution >= 4 is 11.0 Å². The maximum atomic E-state index is 4.97. The molecule has 1 fully saturated rings. The summed E-state index contributed by atoms with van der Waals surface area (Å²) < 4.78 is 2.52. The van der Waals surface area contributed by atoms with Crippen molar-refractivity contribution < 1.29 is 0 Å². The van der Waals surface area contributed by atoms with E-state index < -0.39 is 0 Å².